The first kappa shape index (κ1) is 10.4. The molecule has 0 amide bonds. The lowest BCUT2D eigenvalue weighted by molar-refractivity contribution is -0.139. The van der Waals surface area contributed by atoms with Crippen LogP contribution >= 0.6 is 12.2 Å². The molecule has 1 rings (SSSR count). The molecule has 1 aromatic rings. The van der Waals surface area contributed by atoms with Gasteiger partial charge in [0.15, 0.2) is 0 Å². The van der Waals surface area contributed by atoms with Gasteiger partial charge in [-0.1, -0.05) is 12.2 Å². The summed E-state index contributed by atoms with van der Waals surface area (Å²) in [6.07, 6.45) is 1.59. The molecule has 0 aliphatic heterocycles. The molecule has 0 aliphatic rings. The molecule has 1 N–H and O–H groups in total. The van der Waals surface area contributed by atoms with Crippen molar-refractivity contribution in [2.45, 2.75) is 6.42 Å². The van der Waals surface area contributed by atoms with Crippen LogP contribution in [0, 0.1) is 16.0 Å². The minimum Gasteiger partial charge on any atom is -0.469 e. The second-order valence-corrected chi connectivity index (χ2v) is 3.02. The summed E-state index contributed by atoms with van der Waals surface area (Å²) in [6.45, 7) is 0. The number of carbonyl (C=O) groups excluding carboxylic acids is 1. The molecule has 4 nitrogen and oxygen atoms in total. The highest BCUT2D eigenvalue weighted by Crippen LogP contribution is 2.05. The number of nitrogens with zero attached hydrogens (tertiary/aromatic N) is 1. The zero-order valence-corrected chi connectivity index (χ0v) is 8.35. The largest absolute Gasteiger partial charge is 0.469 e. The van der Waals surface area contributed by atoms with Crippen LogP contribution in [0.5, 0.6) is 0 Å². The van der Waals surface area contributed by atoms with E-state index < -0.39 is 0 Å². The summed E-state index contributed by atoms with van der Waals surface area (Å²) in [6, 6.07) is 3.54. The van der Waals surface area contributed by atoms with Crippen molar-refractivity contribution in [3.05, 3.63) is 28.0 Å². The Labute approximate surface area is 86.1 Å². The van der Waals surface area contributed by atoms with E-state index in [1.54, 1.807) is 6.07 Å². The van der Waals surface area contributed by atoms with Gasteiger partial charge in [-0.15, -0.1) is 0 Å². The summed E-state index contributed by atoms with van der Waals surface area (Å²) in [5.41, 5.74) is 1.04. The highest BCUT2D eigenvalue weighted by Gasteiger charge is 2.05. The number of hydrogen-bond donors (Lipinski definition) is 1. The molecule has 0 atom stereocenters. The minimum absolute atomic E-state index is 0.0847. The molecule has 5 heteroatoms. The van der Waals surface area contributed by atoms with Crippen LogP contribution in [-0.4, -0.2) is 18.1 Å². The molecule has 1 aromatic heterocycles. The highest BCUT2D eigenvalue weighted by atomic mass is 32.1. The van der Waals surface area contributed by atoms with E-state index in [4.69, 9.17) is 17.5 Å². The molecular weight excluding hydrogens is 200 g/mol. The van der Waals surface area contributed by atoms with Gasteiger partial charge in [0.05, 0.1) is 19.1 Å². The molecule has 0 aromatic carbocycles. The maximum atomic E-state index is 11.0. The molecule has 1 heterocycles. The third-order valence-electron chi connectivity index (χ3n) is 1.67. The second kappa shape index (κ2) is 4.53. The number of methoxy groups -OCH3 is 1. The van der Waals surface area contributed by atoms with Gasteiger partial charge in [-0.25, -0.2) is 0 Å². The van der Waals surface area contributed by atoms with E-state index in [-0.39, 0.29) is 12.4 Å². The van der Waals surface area contributed by atoms with Gasteiger partial charge in [0.25, 0.3) is 0 Å². The van der Waals surface area contributed by atoms with Crippen molar-refractivity contribution in [3.8, 4) is 6.07 Å². The van der Waals surface area contributed by atoms with Crippen molar-refractivity contribution >= 4 is 18.2 Å². The van der Waals surface area contributed by atoms with E-state index in [0.717, 1.165) is 0 Å². The predicted octanol–water partition coefficient (Wildman–Crippen LogP) is 1.33. The molecule has 0 saturated carbocycles. The first-order valence-electron chi connectivity index (χ1n) is 3.86. The van der Waals surface area contributed by atoms with Crippen molar-refractivity contribution in [3.63, 3.8) is 0 Å². The lowest BCUT2D eigenvalue weighted by atomic mass is 10.1. The van der Waals surface area contributed by atoms with Crippen molar-refractivity contribution in [2.24, 2.45) is 0 Å². The topological polar surface area (TPSA) is 65.9 Å². The Kier molecular flexibility index (Phi) is 3.37. The van der Waals surface area contributed by atoms with Gasteiger partial charge in [-0.05, 0) is 11.6 Å². The lowest BCUT2D eigenvalue weighted by Gasteiger charge is -2.00. The Bertz CT molecular complexity index is 445. The number of H-pyrrole nitrogens is 1. The maximum absolute atomic E-state index is 11.0. The molecule has 14 heavy (non-hydrogen) atoms. The van der Waals surface area contributed by atoms with E-state index in [1.165, 1.54) is 13.3 Å². The molecule has 0 fully saturated rings. The number of hydrogen-bond acceptors (Lipinski definition) is 4. The summed E-state index contributed by atoms with van der Waals surface area (Å²) in [7, 11) is 1.31. The lowest BCUT2D eigenvalue weighted by Crippen LogP contribution is -2.05. The fourth-order valence-corrected chi connectivity index (χ4v) is 1.14. The number of esters is 1. The van der Waals surface area contributed by atoms with Crippen molar-refractivity contribution in [2.75, 3.05) is 7.11 Å². The molecule has 72 valence electrons. The smallest absolute Gasteiger partial charge is 0.310 e. The number of nitriles is 1. The molecule has 0 radical (unpaired) electrons. The minimum atomic E-state index is -0.375. The average molecular weight is 208 g/mol. The Morgan fingerprint density at radius 1 is 1.79 bits per heavy atom. The molecular formula is C9H8N2O2S. The Hall–Kier alpha value is -1.67. The van der Waals surface area contributed by atoms with E-state index in [1.807, 2.05) is 6.07 Å². The van der Waals surface area contributed by atoms with Crippen LogP contribution in [0.15, 0.2) is 12.3 Å². The normalized spacial score (nSPS) is 9.14. The fourth-order valence-electron chi connectivity index (χ4n) is 0.954. The Morgan fingerprint density at radius 3 is 3.07 bits per heavy atom. The Morgan fingerprint density at radius 2 is 2.50 bits per heavy atom. The van der Waals surface area contributed by atoms with Gasteiger partial charge in [0, 0.05) is 6.20 Å². The van der Waals surface area contributed by atoms with Crippen LogP contribution in [0.3, 0.4) is 0 Å². The summed E-state index contributed by atoms with van der Waals surface area (Å²) in [4.78, 5) is 13.7. The number of nitrogens with one attached hydrogen (secondary N) is 1. The van der Waals surface area contributed by atoms with Crippen molar-refractivity contribution in [1.29, 1.82) is 5.26 Å². The van der Waals surface area contributed by atoms with Crippen molar-refractivity contribution < 1.29 is 9.53 Å². The van der Waals surface area contributed by atoms with E-state index >= 15 is 0 Å². The number of pyridine rings is 1. The monoisotopic (exact) mass is 208 g/mol. The van der Waals surface area contributed by atoms with E-state index in [9.17, 15) is 4.79 Å². The SMILES string of the molecule is COC(=O)Cc1cc(C#N)c[nH]c1=S. The first-order valence-corrected chi connectivity index (χ1v) is 4.26. The van der Waals surface area contributed by atoms with Crippen LogP contribution in [0.2, 0.25) is 0 Å². The third kappa shape index (κ3) is 2.41. The van der Waals surface area contributed by atoms with Gasteiger partial charge in [0.1, 0.15) is 10.7 Å². The second-order valence-electron chi connectivity index (χ2n) is 2.61. The predicted molar refractivity (Wildman–Crippen MR) is 52.1 cm³/mol. The number of carbonyl (C=O) groups is 1. The molecule has 0 spiro atoms. The number of aromatic amines is 1. The molecule has 0 bridgehead atoms. The third-order valence-corrected chi connectivity index (χ3v) is 2.05. The van der Waals surface area contributed by atoms with E-state index in [0.29, 0.717) is 15.8 Å². The van der Waals surface area contributed by atoms with Crippen LogP contribution in [0.25, 0.3) is 0 Å². The summed E-state index contributed by atoms with van der Waals surface area (Å²) in [5.74, 6) is -0.375. The van der Waals surface area contributed by atoms with Gasteiger partial charge < -0.3 is 9.72 Å². The van der Waals surface area contributed by atoms with Crippen LogP contribution in [-0.2, 0) is 16.0 Å². The summed E-state index contributed by atoms with van der Waals surface area (Å²) >= 11 is 4.95. The fraction of sp³-hybridized carbons (Fsp3) is 0.222. The number of ether oxygens (including phenoxy) is 1. The molecule has 0 unspecified atom stereocenters. The quantitative estimate of drug-likeness (QED) is 0.588. The zero-order chi connectivity index (χ0) is 10.6. The summed E-state index contributed by atoms with van der Waals surface area (Å²) in [5, 5.41) is 8.62. The van der Waals surface area contributed by atoms with Crippen molar-refractivity contribution in [1.82, 2.24) is 4.98 Å². The first-order chi connectivity index (χ1) is 6.67. The van der Waals surface area contributed by atoms with Crippen LogP contribution < -0.4 is 0 Å². The highest BCUT2D eigenvalue weighted by molar-refractivity contribution is 7.71. The van der Waals surface area contributed by atoms with Crippen LogP contribution in [0.4, 0.5) is 0 Å². The van der Waals surface area contributed by atoms with Crippen LogP contribution in [0.1, 0.15) is 11.1 Å². The number of aromatic nitrogens is 1. The average Bonchev–Trinajstić information content (AvgIpc) is 2.21. The van der Waals surface area contributed by atoms with Gasteiger partial charge in [-0.3, -0.25) is 4.79 Å². The Balaban J connectivity index is 3.02. The van der Waals surface area contributed by atoms with E-state index in [2.05, 4.69) is 9.72 Å². The molecule has 0 aliphatic carbocycles. The van der Waals surface area contributed by atoms with Gasteiger partial charge in [-0.2, -0.15) is 5.26 Å². The zero-order valence-electron chi connectivity index (χ0n) is 7.53. The maximum Gasteiger partial charge on any atom is 0.310 e. The molecule has 0 saturated heterocycles. The number of rotatable bonds is 2. The van der Waals surface area contributed by atoms with Gasteiger partial charge >= 0.3 is 5.97 Å². The standard InChI is InChI=1S/C9H8N2O2S/c1-13-8(12)3-7-2-6(4-10)5-11-9(7)14/h2,5H,3H2,1H3,(H,11,14). The van der Waals surface area contributed by atoms with Gasteiger partial charge in [0.2, 0.25) is 0 Å². The summed E-state index contributed by atoms with van der Waals surface area (Å²) < 4.78 is 4.95.